The van der Waals surface area contributed by atoms with E-state index in [-0.39, 0.29) is 16.2 Å². The van der Waals surface area contributed by atoms with E-state index in [1.54, 1.807) is 33.1 Å². The molecule has 0 aliphatic carbocycles. The standard InChI is InChI=1S/C31H37N3O5S/c1-19-15-27(29(37-8)22(4)32-19)38-18-23-13-14-25(24(16-23)17-31(5,6)7)26-11-9-10-12-28(26)40(35,36)34-30-20(2)21(3)33-39-30/h9-16,34H,17-18H2,1-8H3. The summed E-state index contributed by atoms with van der Waals surface area (Å²) in [6, 6.07) is 14.9. The molecule has 2 aromatic heterocycles. The van der Waals surface area contributed by atoms with Gasteiger partial charge in [-0.3, -0.25) is 4.98 Å². The van der Waals surface area contributed by atoms with Gasteiger partial charge in [0.1, 0.15) is 6.61 Å². The SMILES string of the molecule is COc1c(OCc2ccc(-c3ccccc3S(=O)(=O)Nc3onc(C)c3C)c(CC(C)(C)C)c2)cc(C)nc1C. The summed E-state index contributed by atoms with van der Waals surface area (Å²) in [6.45, 7) is 14.1. The molecule has 2 heterocycles. The molecular weight excluding hydrogens is 526 g/mol. The molecule has 0 saturated carbocycles. The number of aryl methyl sites for hydroxylation is 3. The highest BCUT2D eigenvalue weighted by molar-refractivity contribution is 7.92. The normalized spacial score (nSPS) is 11.9. The summed E-state index contributed by atoms with van der Waals surface area (Å²) in [6.07, 6.45) is 0.731. The lowest BCUT2D eigenvalue weighted by Crippen LogP contribution is -2.15. The molecule has 40 heavy (non-hydrogen) atoms. The quantitative estimate of drug-likeness (QED) is 0.235. The lowest BCUT2D eigenvalue weighted by Gasteiger charge is -2.22. The van der Waals surface area contributed by atoms with Crippen molar-refractivity contribution in [3.05, 3.63) is 82.3 Å². The van der Waals surface area contributed by atoms with Gasteiger partial charge in [-0.1, -0.05) is 62.3 Å². The first kappa shape index (κ1) is 29.1. The van der Waals surface area contributed by atoms with Crippen LogP contribution >= 0.6 is 0 Å². The summed E-state index contributed by atoms with van der Waals surface area (Å²) in [5, 5.41) is 3.87. The number of ether oxygens (including phenoxy) is 2. The van der Waals surface area contributed by atoms with Crippen molar-refractivity contribution >= 4 is 15.9 Å². The van der Waals surface area contributed by atoms with Crippen LogP contribution in [-0.4, -0.2) is 25.7 Å². The predicted molar refractivity (Wildman–Crippen MR) is 156 cm³/mol. The number of hydrogen-bond donors (Lipinski definition) is 1. The van der Waals surface area contributed by atoms with Crippen molar-refractivity contribution in [1.29, 1.82) is 0 Å². The fourth-order valence-corrected chi connectivity index (χ4v) is 5.90. The maximum atomic E-state index is 13.6. The van der Waals surface area contributed by atoms with Crippen LogP contribution in [0.5, 0.6) is 11.5 Å². The third-order valence-electron chi connectivity index (χ3n) is 6.58. The van der Waals surface area contributed by atoms with Crippen molar-refractivity contribution in [3.63, 3.8) is 0 Å². The van der Waals surface area contributed by atoms with Gasteiger partial charge < -0.3 is 14.0 Å². The number of hydrogen-bond acceptors (Lipinski definition) is 7. The second-order valence-electron chi connectivity index (χ2n) is 11.2. The number of aromatic nitrogens is 2. The van der Waals surface area contributed by atoms with Gasteiger partial charge in [0, 0.05) is 22.9 Å². The second kappa shape index (κ2) is 11.3. The van der Waals surface area contributed by atoms with E-state index in [1.165, 1.54) is 0 Å². The van der Waals surface area contributed by atoms with Gasteiger partial charge >= 0.3 is 0 Å². The molecule has 4 aromatic rings. The lowest BCUT2D eigenvalue weighted by atomic mass is 9.84. The van der Waals surface area contributed by atoms with Crippen molar-refractivity contribution in [2.45, 2.75) is 66.4 Å². The maximum absolute atomic E-state index is 13.6. The minimum atomic E-state index is -3.96. The zero-order valence-electron chi connectivity index (χ0n) is 24.4. The molecule has 9 heteroatoms. The Kier molecular flexibility index (Phi) is 8.25. The minimum absolute atomic E-state index is 0.0443. The second-order valence-corrected chi connectivity index (χ2v) is 12.9. The van der Waals surface area contributed by atoms with Crippen LogP contribution in [0.2, 0.25) is 0 Å². The number of benzene rings is 2. The van der Waals surface area contributed by atoms with Gasteiger partial charge in [-0.15, -0.1) is 0 Å². The summed E-state index contributed by atoms with van der Waals surface area (Å²) >= 11 is 0. The molecule has 0 unspecified atom stereocenters. The van der Waals surface area contributed by atoms with E-state index in [9.17, 15) is 8.42 Å². The molecule has 0 saturated heterocycles. The average Bonchev–Trinajstić information content (AvgIpc) is 3.18. The largest absolute Gasteiger partial charge is 0.491 e. The first-order valence-electron chi connectivity index (χ1n) is 13.1. The molecule has 0 fully saturated rings. The first-order chi connectivity index (χ1) is 18.8. The fourth-order valence-electron chi connectivity index (χ4n) is 4.63. The molecular formula is C31H37N3O5S. The molecule has 1 N–H and O–H groups in total. The summed E-state index contributed by atoms with van der Waals surface area (Å²) < 4.78 is 46.6. The van der Waals surface area contributed by atoms with Gasteiger partial charge in [0.2, 0.25) is 5.88 Å². The summed E-state index contributed by atoms with van der Waals surface area (Å²) in [5.41, 5.74) is 6.29. The van der Waals surface area contributed by atoms with Crippen LogP contribution in [0.4, 0.5) is 5.88 Å². The molecule has 0 atom stereocenters. The third kappa shape index (κ3) is 6.47. The highest BCUT2D eigenvalue weighted by atomic mass is 32.2. The lowest BCUT2D eigenvalue weighted by molar-refractivity contribution is 0.282. The van der Waals surface area contributed by atoms with Crippen molar-refractivity contribution in [3.8, 4) is 22.6 Å². The average molecular weight is 564 g/mol. The first-order valence-corrected chi connectivity index (χ1v) is 14.6. The van der Waals surface area contributed by atoms with E-state index < -0.39 is 10.0 Å². The van der Waals surface area contributed by atoms with Gasteiger partial charge in [-0.25, -0.2) is 13.1 Å². The zero-order chi connectivity index (χ0) is 29.2. The van der Waals surface area contributed by atoms with E-state index in [2.05, 4.69) is 41.7 Å². The Bertz CT molecular complexity index is 1640. The Morgan fingerprint density at radius 1 is 0.950 bits per heavy atom. The van der Waals surface area contributed by atoms with Gasteiger partial charge in [0.15, 0.2) is 11.5 Å². The van der Waals surface area contributed by atoms with Crippen molar-refractivity contribution in [1.82, 2.24) is 10.1 Å². The predicted octanol–water partition coefficient (Wildman–Crippen LogP) is 6.95. The molecule has 8 nitrogen and oxygen atoms in total. The molecule has 0 bridgehead atoms. The van der Waals surface area contributed by atoms with Gasteiger partial charge in [-0.2, -0.15) is 0 Å². The van der Waals surface area contributed by atoms with Crippen molar-refractivity contribution in [2.24, 2.45) is 5.41 Å². The Morgan fingerprint density at radius 2 is 1.68 bits per heavy atom. The minimum Gasteiger partial charge on any atom is -0.491 e. The Labute approximate surface area is 236 Å². The Morgan fingerprint density at radius 3 is 2.33 bits per heavy atom. The smallest absolute Gasteiger partial charge is 0.264 e. The molecule has 2 aromatic carbocycles. The molecule has 0 amide bonds. The molecule has 0 spiro atoms. The maximum Gasteiger partial charge on any atom is 0.264 e. The van der Waals surface area contributed by atoms with Crippen LogP contribution < -0.4 is 14.2 Å². The van der Waals surface area contributed by atoms with E-state index in [0.29, 0.717) is 34.9 Å². The summed E-state index contributed by atoms with van der Waals surface area (Å²) in [4.78, 5) is 4.61. The van der Waals surface area contributed by atoms with Crippen LogP contribution in [0.25, 0.3) is 11.1 Å². The fraction of sp³-hybridized carbons (Fsp3) is 0.355. The molecule has 212 valence electrons. The number of rotatable bonds is 9. The van der Waals surface area contributed by atoms with Crippen LogP contribution in [0.1, 0.15) is 54.5 Å². The van der Waals surface area contributed by atoms with Gasteiger partial charge in [0.25, 0.3) is 10.0 Å². The zero-order valence-corrected chi connectivity index (χ0v) is 25.2. The van der Waals surface area contributed by atoms with E-state index in [4.69, 9.17) is 14.0 Å². The van der Waals surface area contributed by atoms with Gasteiger partial charge in [-0.05, 0) is 62.3 Å². The monoisotopic (exact) mass is 563 g/mol. The third-order valence-corrected chi connectivity index (χ3v) is 7.97. The number of anilines is 1. The Balaban J connectivity index is 1.73. The van der Waals surface area contributed by atoms with Crippen LogP contribution in [0, 0.1) is 33.1 Å². The van der Waals surface area contributed by atoms with Crippen LogP contribution in [-0.2, 0) is 23.1 Å². The van der Waals surface area contributed by atoms with Crippen LogP contribution in [0.15, 0.2) is 57.9 Å². The highest BCUT2D eigenvalue weighted by Crippen LogP contribution is 2.36. The number of nitrogens with zero attached hydrogens (tertiary/aromatic N) is 2. The number of nitrogens with one attached hydrogen (secondary N) is 1. The molecule has 0 aliphatic heterocycles. The Hall–Kier alpha value is -3.85. The topological polar surface area (TPSA) is 104 Å². The molecule has 0 radical (unpaired) electrons. The summed E-state index contributed by atoms with van der Waals surface area (Å²) in [5.74, 6) is 1.36. The van der Waals surface area contributed by atoms with Crippen molar-refractivity contribution in [2.75, 3.05) is 11.8 Å². The molecule has 0 aliphatic rings. The van der Waals surface area contributed by atoms with Crippen LogP contribution in [0.3, 0.4) is 0 Å². The number of sulfonamides is 1. The molecule has 4 rings (SSSR count). The number of methoxy groups -OCH3 is 1. The number of pyridine rings is 1. The van der Waals surface area contributed by atoms with Crippen molar-refractivity contribution < 1.29 is 22.4 Å². The van der Waals surface area contributed by atoms with E-state index in [1.807, 2.05) is 44.2 Å². The van der Waals surface area contributed by atoms with Gasteiger partial charge in [0.05, 0.1) is 23.4 Å². The highest BCUT2D eigenvalue weighted by Gasteiger charge is 2.25. The van der Waals surface area contributed by atoms with E-state index >= 15 is 0 Å². The summed E-state index contributed by atoms with van der Waals surface area (Å²) in [7, 11) is -2.36. The van der Waals surface area contributed by atoms with E-state index in [0.717, 1.165) is 34.5 Å².